The summed E-state index contributed by atoms with van der Waals surface area (Å²) in [6, 6.07) is 5.70. The van der Waals surface area contributed by atoms with Crippen LogP contribution in [0.15, 0.2) is 23.4 Å². The predicted octanol–water partition coefficient (Wildman–Crippen LogP) is 0.842. The molecule has 0 radical (unpaired) electrons. The Morgan fingerprint density at radius 1 is 1.53 bits per heavy atom. The molecule has 0 atom stereocenters. The van der Waals surface area contributed by atoms with Crippen LogP contribution >= 0.6 is 0 Å². The second-order valence-electron chi connectivity index (χ2n) is 3.32. The first-order valence-electron chi connectivity index (χ1n) is 4.58. The van der Waals surface area contributed by atoms with Gasteiger partial charge in [0.05, 0.1) is 6.61 Å². The van der Waals surface area contributed by atoms with Gasteiger partial charge in [0.25, 0.3) is 0 Å². The number of benzene rings is 1. The van der Waals surface area contributed by atoms with Gasteiger partial charge in [-0.2, -0.15) is 0 Å². The molecule has 1 aliphatic heterocycles. The smallest absolute Gasteiger partial charge is 0.189 e. The number of ether oxygens (including phenoxy) is 2. The van der Waals surface area contributed by atoms with Gasteiger partial charge in [-0.15, -0.1) is 0 Å². The molecule has 5 nitrogen and oxygen atoms in total. The maximum atomic E-state index is 8.45. The molecule has 1 heterocycles. The Labute approximate surface area is 87.1 Å². The molecule has 1 aromatic rings. The summed E-state index contributed by atoms with van der Waals surface area (Å²) in [5, 5.41) is 11.4. The Morgan fingerprint density at radius 3 is 3.20 bits per heavy atom. The van der Waals surface area contributed by atoms with Gasteiger partial charge in [-0.1, -0.05) is 11.2 Å². The molecule has 0 aliphatic carbocycles. The first-order chi connectivity index (χ1) is 7.29. The Morgan fingerprint density at radius 2 is 2.40 bits per heavy atom. The first kappa shape index (κ1) is 9.79. The van der Waals surface area contributed by atoms with Crippen molar-refractivity contribution in [3.05, 3.63) is 29.3 Å². The summed E-state index contributed by atoms with van der Waals surface area (Å²) in [6.45, 7) is 0.839. The van der Waals surface area contributed by atoms with Crippen LogP contribution in [0.4, 0.5) is 0 Å². The van der Waals surface area contributed by atoms with Gasteiger partial charge in [0, 0.05) is 12.0 Å². The number of nitrogens with two attached hydrogens (primary N) is 1. The molecule has 0 fully saturated rings. The first-order valence-corrected chi connectivity index (χ1v) is 4.58. The Hall–Kier alpha value is -1.75. The van der Waals surface area contributed by atoms with Crippen molar-refractivity contribution in [2.24, 2.45) is 10.9 Å². The summed E-state index contributed by atoms with van der Waals surface area (Å²) in [4.78, 5) is 0. The topological polar surface area (TPSA) is 77.1 Å². The highest BCUT2D eigenvalue weighted by atomic mass is 16.7. The maximum absolute atomic E-state index is 8.45. The fraction of sp³-hybridized carbons (Fsp3) is 0.300. The van der Waals surface area contributed by atoms with Crippen molar-refractivity contribution in [3.63, 3.8) is 0 Å². The fourth-order valence-corrected chi connectivity index (χ4v) is 1.50. The van der Waals surface area contributed by atoms with Crippen LogP contribution in [0.3, 0.4) is 0 Å². The molecule has 0 aromatic heterocycles. The van der Waals surface area contributed by atoms with E-state index in [-0.39, 0.29) is 5.84 Å². The van der Waals surface area contributed by atoms with Gasteiger partial charge in [-0.3, -0.25) is 0 Å². The normalized spacial score (nSPS) is 15.6. The van der Waals surface area contributed by atoms with Gasteiger partial charge in [0.1, 0.15) is 11.6 Å². The van der Waals surface area contributed by atoms with Gasteiger partial charge >= 0.3 is 0 Å². The minimum Gasteiger partial charge on any atom is -0.467 e. The molecule has 1 aromatic carbocycles. The predicted molar refractivity (Wildman–Crippen MR) is 53.8 cm³/mol. The molecule has 0 amide bonds. The van der Waals surface area contributed by atoms with Crippen molar-refractivity contribution >= 4 is 5.84 Å². The van der Waals surface area contributed by atoms with Gasteiger partial charge in [0.2, 0.25) is 0 Å². The summed E-state index contributed by atoms with van der Waals surface area (Å²) < 4.78 is 10.4. The molecule has 0 saturated carbocycles. The van der Waals surface area contributed by atoms with Gasteiger partial charge < -0.3 is 20.4 Å². The van der Waals surface area contributed by atoms with Crippen LogP contribution in [0.5, 0.6) is 5.75 Å². The number of nitrogens with zero attached hydrogens (tertiary/aromatic N) is 1. The van der Waals surface area contributed by atoms with Crippen molar-refractivity contribution in [1.29, 1.82) is 0 Å². The molecular weight excluding hydrogens is 196 g/mol. The lowest BCUT2D eigenvalue weighted by atomic mass is 10.1. The van der Waals surface area contributed by atoms with Crippen molar-refractivity contribution in [2.75, 3.05) is 6.79 Å². The van der Waals surface area contributed by atoms with Gasteiger partial charge in [-0.05, 0) is 17.7 Å². The Balaban J connectivity index is 2.20. The fourth-order valence-electron chi connectivity index (χ4n) is 1.50. The van der Waals surface area contributed by atoms with Crippen LogP contribution in [-0.2, 0) is 17.8 Å². The zero-order valence-corrected chi connectivity index (χ0v) is 8.14. The molecular formula is C10H12N2O3. The third-order valence-corrected chi connectivity index (χ3v) is 2.19. The minimum absolute atomic E-state index is 0.188. The second-order valence-corrected chi connectivity index (χ2v) is 3.32. The van der Waals surface area contributed by atoms with Crippen LogP contribution in [0.25, 0.3) is 0 Å². The van der Waals surface area contributed by atoms with E-state index < -0.39 is 0 Å². The lowest BCUT2D eigenvalue weighted by molar-refractivity contribution is -0.0164. The van der Waals surface area contributed by atoms with E-state index in [0.717, 1.165) is 16.9 Å². The van der Waals surface area contributed by atoms with E-state index in [4.69, 9.17) is 20.4 Å². The quantitative estimate of drug-likeness (QED) is 0.327. The number of oxime groups is 1. The molecule has 80 valence electrons. The molecule has 0 bridgehead atoms. The number of fused-ring (bicyclic) bond motifs is 1. The number of hydrogen-bond donors (Lipinski definition) is 2. The highest BCUT2D eigenvalue weighted by molar-refractivity contribution is 5.82. The Bertz CT molecular complexity index is 390. The SMILES string of the molecule is N/C(Cc1ccc2c(c1)COCO2)=N\O. The molecule has 3 N–H and O–H groups in total. The van der Waals surface area contributed by atoms with Crippen LogP contribution in [0.1, 0.15) is 11.1 Å². The van der Waals surface area contributed by atoms with Crippen LogP contribution < -0.4 is 10.5 Å². The maximum Gasteiger partial charge on any atom is 0.189 e. The molecule has 15 heavy (non-hydrogen) atoms. The molecule has 0 saturated heterocycles. The standard InChI is InChI=1S/C10H12N2O3/c11-10(12-13)4-7-1-2-9-8(3-7)5-14-6-15-9/h1-3,13H,4-6H2,(H2,11,12). The van der Waals surface area contributed by atoms with Crippen LogP contribution in [0, 0.1) is 0 Å². The number of rotatable bonds is 2. The minimum atomic E-state index is 0.188. The van der Waals surface area contributed by atoms with E-state index in [0.29, 0.717) is 19.8 Å². The lowest BCUT2D eigenvalue weighted by Crippen LogP contribution is -2.16. The van der Waals surface area contributed by atoms with E-state index in [1.165, 1.54) is 0 Å². The Kier molecular flexibility index (Phi) is 2.73. The van der Waals surface area contributed by atoms with E-state index >= 15 is 0 Å². The van der Waals surface area contributed by atoms with E-state index in [1.54, 1.807) is 0 Å². The van der Waals surface area contributed by atoms with Crippen molar-refractivity contribution < 1.29 is 14.7 Å². The summed E-state index contributed by atoms with van der Waals surface area (Å²) in [5.41, 5.74) is 7.38. The second kappa shape index (κ2) is 4.18. The molecule has 2 rings (SSSR count). The third kappa shape index (κ3) is 2.19. The number of hydrogen-bond acceptors (Lipinski definition) is 4. The molecule has 0 spiro atoms. The van der Waals surface area contributed by atoms with E-state index in [9.17, 15) is 0 Å². The molecule has 1 aliphatic rings. The molecule has 5 heteroatoms. The summed E-state index contributed by atoms with van der Waals surface area (Å²) in [7, 11) is 0. The highest BCUT2D eigenvalue weighted by Gasteiger charge is 2.11. The molecule has 0 unspecified atom stereocenters. The van der Waals surface area contributed by atoms with Crippen LogP contribution in [-0.4, -0.2) is 17.8 Å². The van der Waals surface area contributed by atoms with Crippen molar-refractivity contribution in [3.8, 4) is 5.75 Å². The van der Waals surface area contributed by atoms with Crippen molar-refractivity contribution in [1.82, 2.24) is 0 Å². The van der Waals surface area contributed by atoms with E-state index in [1.807, 2.05) is 18.2 Å². The van der Waals surface area contributed by atoms with E-state index in [2.05, 4.69) is 5.16 Å². The number of amidine groups is 1. The highest BCUT2D eigenvalue weighted by Crippen LogP contribution is 2.24. The third-order valence-electron chi connectivity index (χ3n) is 2.19. The monoisotopic (exact) mass is 208 g/mol. The largest absolute Gasteiger partial charge is 0.467 e. The average molecular weight is 208 g/mol. The summed E-state index contributed by atoms with van der Waals surface area (Å²) in [5.74, 6) is 1.03. The summed E-state index contributed by atoms with van der Waals surface area (Å²) in [6.07, 6.45) is 0.420. The zero-order chi connectivity index (χ0) is 10.7. The average Bonchev–Trinajstić information content (AvgIpc) is 2.29. The van der Waals surface area contributed by atoms with Crippen molar-refractivity contribution in [2.45, 2.75) is 13.0 Å². The lowest BCUT2D eigenvalue weighted by Gasteiger charge is -2.18. The van der Waals surface area contributed by atoms with Gasteiger partial charge in [-0.25, -0.2) is 0 Å². The summed E-state index contributed by atoms with van der Waals surface area (Å²) >= 11 is 0. The van der Waals surface area contributed by atoms with Crippen LogP contribution in [0.2, 0.25) is 0 Å². The zero-order valence-electron chi connectivity index (χ0n) is 8.14. The van der Waals surface area contributed by atoms with Gasteiger partial charge in [0.15, 0.2) is 6.79 Å².